The van der Waals surface area contributed by atoms with Gasteiger partial charge < -0.3 is 15.0 Å². The van der Waals surface area contributed by atoms with Gasteiger partial charge in [0, 0.05) is 19.1 Å². The van der Waals surface area contributed by atoms with Gasteiger partial charge in [-0.25, -0.2) is 14.8 Å². The molecule has 2 rings (SSSR count). The number of anilines is 1. The van der Waals surface area contributed by atoms with E-state index in [1.807, 2.05) is 6.07 Å². The van der Waals surface area contributed by atoms with Gasteiger partial charge in [-0.3, -0.25) is 0 Å². The van der Waals surface area contributed by atoms with E-state index in [-0.39, 0.29) is 12.1 Å². The Balaban J connectivity index is 1.79. The molecule has 112 valence electrons. The van der Waals surface area contributed by atoms with Crippen molar-refractivity contribution in [1.82, 2.24) is 14.9 Å². The molecule has 1 N–H and O–H groups in total. The molecule has 1 aromatic rings. The summed E-state index contributed by atoms with van der Waals surface area (Å²) >= 11 is 0. The number of ether oxygens (including phenoxy) is 1. The SMILES string of the molecule is CCCCOC(=O)N1CC[C@H](Nc2ncc(C#N)cn2)C1. The summed E-state index contributed by atoms with van der Waals surface area (Å²) in [6, 6.07) is 2.08. The highest BCUT2D eigenvalue weighted by Crippen LogP contribution is 2.14. The van der Waals surface area contributed by atoms with E-state index in [1.54, 1.807) is 4.90 Å². The van der Waals surface area contributed by atoms with Crippen molar-refractivity contribution in [1.29, 1.82) is 5.26 Å². The van der Waals surface area contributed by atoms with Crippen LogP contribution in [0, 0.1) is 11.3 Å². The second kappa shape index (κ2) is 7.43. The molecule has 1 amide bonds. The molecule has 1 saturated heterocycles. The molecule has 0 unspecified atom stereocenters. The smallest absolute Gasteiger partial charge is 0.409 e. The van der Waals surface area contributed by atoms with Crippen molar-refractivity contribution in [2.45, 2.75) is 32.2 Å². The van der Waals surface area contributed by atoms with Crippen LogP contribution in [0.4, 0.5) is 10.7 Å². The Morgan fingerprint density at radius 3 is 3.00 bits per heavy atom. The van der Waals surface area contributed by atoms with Crippen LogP contribution in [0.25, 0.3) is 0 Å². The van der Waals surface area contributed by atoms with Gasteiger partial charge in [0.05, 0.1) is 24.6 Å². The lowest BCUT2D eigenvalue weighted by atomic mass is 10.3. The van der Waals surface area contributed by atoms with E-state index in [9.17, 15) is 4.79 Å². The summed E-state index contributed by atoms with van der Waals surface area (Å²) in [7, 11) is 0. The first-order valence-electron chi connectivity index (χ1n) is 7.13. The molecule has 21 heavy (non-hydrogen) atoms. The third-order valence-corrected chi connectivity index (χ3v) is 3.28. The van der Waals surface area contributed by atoms with Crippen LogP contribution in [-0.2, 0) is 4.74 Å². The lowest BCUT2D eigenvalue weighted by Crippen LogP contribution is -2.32. The highest BCUT2D eigenvalue weighted by atomic mass is 16.6. The predicted molar refractivity (Wildman–Crippen MR) is 76.6 cm³/mol. The zero-order chi connectivity index (χ0) is 15.1. The Morgan fingerprint density at radius 2 is 2.33 bits per heavy atom. The molecule has 0 radical (unpaired) electrons. The maximum atomic E-state index is 11.8. The number of nitrogens with one attached hydrogen (secondary N) is 1. The maximum absolute atomic E-state index is 11.8. The second-order valence-corrected chi connectivity index (χ2v) is 4.95. The highest BCUT2D eigenvalue weighted by molar-refractivity contribution is 5.68. The first-order chi connectivity index (χ1) is 10.2. The zero-order valence-corrected chi connectivity index (χ0v) is 12.1. The minimum absolute atomic E-state index is 0.108. The van der Waals surface area contributed by atoms with E-state index < -0.39 is 0 Å². The molecule has 0 aromatic carbocycles. The largest absolute Gasteiger partial charge is 0.449 e. The number of carbonyl (C=O) groups excluding carboxylic acids is 1. The summed E-state index contributed by atoms with van der Waals surface area (Å²) in [5, 5.41) is 11.9. The molecule has 2 heterocycles. The lowest BCUT2D eigenvalue weighted by molar-refractivity contribution is 0.109. The van der Waals surface area contributed by atoms with E-state index in [0.717, 1.165) is 19.3 Å². The van der Waals surface area contributed by atoms with Crippen molar-refractivity contribution < 1.29 is 9.53 Å². The molecule has 0 saturated carbocycles. The average molecular weight is 289 g/mol. The van der Waals surface area contributed by atoms with Gasteiger partial charge in [-0.1, -0.05) is 13.3 Å². The van der Waals surface area contributed by atoms with Gasteiger partial charge in [-0.2, -0.15) is 5.26 Å². The van der Waals surface area contributed by atoms with E-state index in [1.165, 1.54) is 12.4 Å². The third kappa shape index (κ3) is 4.31. The number of unbranched alkanes of at least 4 members (excludes halogenated alkanes) is 1. The maximum Gasteiger partial charge on any atom is 0.409 e. The van der Waals surface area contributed by atoms with Gasteiger partial charge in [-0.15, -0.1) is 0 Å². The lowest BCUT2D eigenvalue weighted by Gasteiger charge is -2.16. The number of rotatable bonds is 5. The van der Waals surface area contributed by atoms with E-state index in [4.69, 9.17) is 10.00 Å². The first-order valence-corrected chi connectivity index (χ1v) is 7.13. The topological polar surface area (TPSA) is 91.1 Å². The van der Waals surface area contributed by atoms with Crippen LogP contribution in [0.5, 0.6) is 0 Å². The van der Waals surface area contributed by atoms with Crippen molar-refractivity contribution in [3.63, 3.8) is 0 Å². The Labute approximate surface area is 123 Å². The van der Waals surface area contributed by atoms with Gasteiger partial charge in [0.2, 0.25) is 5.95 Å². The number of hydrogen-bond donors (Lipinski definition) is 1. The van der Waals surface area contributed by atoms with Gasteiger partial charge in [0.1, 0.15) is 6.07 Å². The number of likely N-dealkylation sites (tertiary alicyclic amines) is 1. The summed E-state index contributed by atoms with van der Waals surface area (Å²) in [6.45, 7) is 3.77. The van der Waals surface area contributed by atoms with Crippen LogP contribution in [0.3, 0.4) is 0 Å². The molecular weight excluding hydrogens is 270 g/mol. The minimum Gasteiger partial charge on any atom is -0.449 e. The van der Waals surface area contributed by atoms with Crippen molar-refractivity contribution in [3.05, 3.63) is 18.0 Å². The second-order valence-electron chi connectivity index (χ2n) is 4.95. The molecule has 7 heteroatoms. The number of carbonyl (C=O) groups is 1. The Bertz CT molecular complexity index is 511. The van der Waals surface area contributed by atoms with Gasteiger partial charge in [0.15, 0.2) is 0 Å². The highest BCUT2D eigenvalue weighted by Gasteiger charge is 2.27. The molecular formula is C14H19N5O2. The Kier molecular flexibility index (Phi) is 5.32. The fourth-order valence-corrected chi connectivity index (χ4v) is 2.08. The van der Waals surface area contributed by atoms with Crippen molar-refractivity contribution in [3.8, 4) is 6.07 Å². The van der Waals surface area contributed by atoms with Crippen LogP contribution in [0.15, 0.2) is 12.4 Å². The quantitative estimate of drug-likeness (QED) is 0.831. The number of nitriles is 1. The molecule has 1 atom stereocenters. The number of aromatic nitrogens is 2. The number of hydrogen-bond acceptors (Lipinski definition) is 6. The molecule has 0 spiro atoms. The summed E-state index contributed by atoms with van der Waals surface area (Å²) in [5.41, 5.74) is 0.424. The summed E-state index contributed by atoms with van der Waals surface area (Å²) in [5.74, 6) is 0.472. The number of nitrogens with zero attached hydrogens (tertiary/aromatic N) is 4. The van der Waals surface area contributed by atoms with Crippen molar-refractivity contribution >= 4 is 12.0 Å². The van der Waals surface area contributed by atoms with E-state index >= 15 is 0 Å². The van der Waals surface area contributed by atoms with Crippen molar-refractivity contribution in [2.24, 2.45) is 0 Å². The van der Waals surface area contributed by atoms with Crippen LogP contribution < -0.4 is 5.32 Å². The summed E-state index contributed by atoms with van der Waals surface area (Å²) in [6.07, 6.45) is 5.41. The third-order valence-electron chi connectivity index (χ3n) is 3.28. The van der Waals surface area contributed by atoms with Crippen LogP contribution >= 0.6 is 0 Å². The minimum atomic E-state index is -0.256. The molecule has 7 nitrogen and oxygen atoms in total. The zero-order valence-electron chi connectivity index (χ0n) is 12.1. The average Bonchev–Trinajstić information content (AvgIpc) is 2.97. The van der Waals surface area contributed by atoms with Crippen LogP contribution in [0.1, 0.15) is 31.7 Å². The summed E-state index contributed by atoms with van der Waals surface area (Å²) in [4.78, 5) is 21.6. The fraction of sp³-hybridized carbons (Fsp3) is 0.571. The van der Waals surface area contributed by atoms with Gasteiger partial charge in [-0.05, 0) is 12.8 Å². The fourth-order valence-electron chi connectivity index (χ4n) is 2.08. The first kappa shape index (κ1) is 15.0. The monoisotopic (exact) mass is 289 g/mol. The normalized spacial score (nSPS) is 17.3. The van der Waals surface area contributed by atoms with Crippen LogP contribution in [0.2, 0.25) is 0 Å². The molecule has 1 aliphatic heterocycles. The Morgan fingerprint density at radius 1 is 1.57 bits per heavy atom. The van der Waals surface area contributed by atoms with Gasteiger partial charge in [0.25, 0.3) is 0 Å². The standard InChI is InChI=1S/C14H19N5O2/c1-2-3-6-21-14(20)19-5-4-12(10-19)18-13-16-8-11(7-15)9-17-13/h8-9,12H,2-6,10H2,1H3,(H,16,17,18)/t12-/m0/s1. The molecule has 0 aliphatic carbocycles. The van der Waals surface area contributed by atoms with Crippen LogP contribution in [-0.4, -0.2) is 46.7 Å². The van der Waals surface area contributed by atoms with E-state index in [0.29, 0.717) is 31.2 Å². The van der Waals surface area contributed by atoms with Crippen molar-refractivity contribution in [2.75, 3.05) is 25.0 Å². The molecule has 0 bridgehead atoms. The molecule has 1 aliphatic rings. The number of amides is 1. The molecule has 1 fully saturated rings. The van der Waals surface area contributed by atoms with E-state index in [2.05, 4.69) is 22.2 Å². The predicted octanol–water partition coefficient (Wildman–Crippen LogP) is 1.77. The molecule has 1 aromatic heterocycles. The summed E-state index contributed by atoms with van der Waals surface area (Å²) < 4.78 is 5.19. The van der Waals surface area contributed by atoms with Gasteiger partial charge >= 0.3 is 6.09 Å². The Hall–Kier alpha value is -2.36.